The maximum atomic E-state index is 10.6. The van der Waals surface area contributed by atoms with Crippen LogP contribution in [0.5, 0.6) is 0 Å². The monoisotopic (exact) mass is 223 g/mol. The molecule has 2 rings (SSSR count). The normalized spacial score (nSPS) is 10.5. The van der Waals surface area contributed by atoms with E-state index in [0.29, 0.717) is 12.2 Å². The Morgan fingerprint density at radius 1 is 1.67 bits per heavy atom. The summed E-state index contributed by atoms with van der Waals surface area (Å²) < 4.78 is 0. The second-order valence-corrected chi connectivity index (χ2v) is 4.15. The van der Waals surface area contributed by atoms with Gasteiger partial charge < -0.3 is 10.1 Å². The molecule has 0 aliphatic rings. The summed E-state index contributed by atoms with van der Waals surface area (Å²) in [6.45, 7) is 1.93. The van der Waals surface area contributed by atoms with Crippen molar-refractivity contribution in [2.45, 2.75) is 13.3 Å². The summed E-state index contributed by atoms with van der Waals surface area (Å²) >= 11 is 1.57. The molecular formula is C9H9N3O2S. The number of imidazole rings is 1. The van der Waals surface area contributed by atoms with Gasteiger partial charge in [-0.05, 0) is 6.92 Å². The third kappa shape index (κ3) is 2.21. The quantitative estimate of drug-likeness (QED) is 0.825. The molecular weight excluding hydrogens is 214 g/mol. The number of hydrogen-bond donors (Lipinski definition) is 2. The average Bonchev–Trinajstić information content (AvgIpc) is 2.76. The number of thiazole rings is 1. The van der Waals surface area contributed by atoms with E-state index in [4.69, 9.17) is 5.11 Å². The number of aromatic amines is 1. The molecule has 0 radical (unpaired) electrons. The van der Waals surface area contributed by atoms with Gasteiger partial charge in [-0.3, -0.25) is 0 Å². The first-order chi connectivity index (χ1) is 7.15. The van der Waals surface area contributed by atoms with Crippen LogP contribution in [0.4, 0.5) is 0 Å². The van der Waals surface area contributed by atoms with Gasteiger partial charge in [0.2, 0.25) is 0 Å². The van der Waals surface area contributed by atoms with Gasteiger partial charge in [0.05, 0.1) is 16.9 Å². The molecule has 6 heteroatoms. The van der Waals surface area contributed by atoms with E-state index >= 15 is 0 Å². The Morgan fingerprint density at radius 3 is 3.00 bits per heavy atom. The summed E-state index contributed by atoms with van der Waals surface area (Å²) in [4.78, 5) is 21.6. The molecule has 0 bridgehead atoms. The second-order valence-electron chi connectivity index (χ2n) is 3.08. The largest absolute Gasteiger partial charge is 0.477 e. The van der Waals surface area contributed by atoms with Crippen molar-refractivity contribution in [2.24, 2.45) is 0 Å². The Bertz CT molecular complexity index is 489. The van der Waals surface area contributed by atoms with Crippen LogP contribution in [-0.4, -0.2) is 26.0 Å². The van der Waals surface area contributed by atoms with Crippen LogP contribution < -0.4 is 0 Å². The molecule has 0 saturated heterocycles. The van der Waals surface area contributed by atoms with Crippen molar-refractivity contribution in [3.05, 3.63) is 33.8 Å². The minimum Gasteiger partial charge on any atom is -0.477 e. The lowest BCUT2D eigenvalue weighted by atomic mass is 10.3. The highest BCUT2D eigenvalue weighted by Crippen LogP contribution is 2.11. The number of carbonyl (C=O) groups is 1. The molecule has 5 nitrogen and oxygen atoms in total. The van der Waals surface area contributed by atoms with Crippen LogP contribution in [-0.2, 0) is 6.42 Å². The Morgan fingerprint density at radius 2 is 2.47 bits per heavy atom. The van der Waals surface area contributed by atoms with Crippen molar-refractivity contribution in [3.8, 4) is 0 Å². The fraction of sp³-hybridized carbons (Fsp3) is 0.222. The lowest BCUT2D eigenvalue weighted by molar-refractivity contribution is 0.0691. The van der Waals surface area contributed by atoms with Crippen molar-refractivity contribution in [1.82, 2.24) is 15.0 Å². The lowest BCUT2D eigenvalue weighted by Gasteiger charge is -1.91. The molecule has 2 N–H and O–H groups in total. The molecule has 0 saturated carbocycles. The Kier molecular flexibility index (Phi) is 2.51. The Balaban J connectivity index is 2.14. The van der Waals surface area contributed by atoms with Gasteiger partial charge in [0.1, 0.15) is 11.5 Å². The standard InChI is InChI=1S/C9H9N3O2S/c1-5-11-6(4-15-5)2-8-10-3-7(12-8)9(13)14/h3-4H,2H2,1H3,(H,10,12)(H,13,14). The van der Waals surface area contributed by atoms with Gasteiger partial charge in [0.25, 0.3) is 0 Å². The number of aryl methyl sites for hydroxylation is 1. The van der Waals surface area contributed by atoms with Crippen LogP contribution in [0.25, 0.3) is 0 Å². The molecule has 2 heterocycles. The number of aromatic carboxylic acids is 1. The van der Waals surface area contributed by atoms with Gasteiger partial charge in [-0.2, -0.15) is 0 Å². The van der Waals surface area contributed by atoms with E-state index in [-0.39, 0.29) is 5.69 Å². The molecule has 0 atom stereocenters. The molecule has 2 aromatic rings. The first kappa shape index (κ1) is 9.85. The maximum Gasteiger partial charge on any atom is 0.353 e. The number of aromatic nitrogens is 3. The second kappa shape index (κ2) is 3.82. The van der Waals surface area contributed by atoms with Gasteiger partial charge in [-0.15, -0.1) is 11.3 Å². The van der Waals surface area contributed by atoms with Gasteiger partial charge in [0, 0.05) is 11.8 Å². The van der Waals surface area contributed by atoms with E-state index in [2.05, 4.69) is 15.0 Å². The molecule has 0 aliphatic carbocycles. The fourth-order valence-electron chi connectivity index (χ4n) is 1.22. The average molecular weight is 223 g/mol. The fourth-order valence-corrected chi connectivity index (χ4v) is 1.83. The number of hydrogen-bond acceptors (Lipinski definition) is 4. The first-order valence-corrected chi connectivity index (χ1v) is 5.21. The Labute approximate surface area is 89.8 Å². The van der Waals surface area contributed by atoms with Crippen LogP contribution in [0.1, 0.15) is 27.0 Å². The minimum absolute atomic E-state index is 0.108. The molecule has 0 fully saturated rings. The van der Waals surface area contributed by atoms with Crippen LogP contribution in [0.15, 0.2) is 11.6 Å². The maximum absolute atomic E-state index is 10.6. The number of nitrogens with zero attached hydrogens (tertiary/aromatic N) is 2. The third-order valence-electron chi connectivity index (χ3n) is 1.87. The summed E-state index contributed by atoms with van der Waals surface area (Å²) in [5.74, 6) is -0.374. The Hall–Kier alpha value is -1.69. The summed E-state index contributed by atoms with van der Waals surface area (Å²) in [6.07, 6.45) is 1.86. The zero-order chi connectivity index (χ0) is 10.8. The molecule has 0 aromatic carbocycles. The van der Waals surface area contributed by atoms with E-state index in [1.165, 1.54) is 6.20 Å². The SMILES string of the molecule is Cc1nc(Cc2ncc(C(=O)O)[nH]2)cs1. The van der Waals surface area contributed by atoms with Crippen LogP contribution >= 0.6 is 11.3 Å². The minimum atomic E-state index is -0.997. The number of rotatable bonds is 3. The van der Waals surface area contributed by atoms with Crippen molar-refractivity contribution >= 4 is 17.3 Å². The van der Waals surface area contributed by atoms with E-state index in [1.54, 1.807) is 11.3 Å². The molecule has 0 aliphatic heterocycles. The molecule has 0 unspecified atom stereocenters. The molecule has 0 spiro atoms. The predicted molar refractivity (Wildman–Crippen MR) is 55.2 cm³/mol. The van der Waals surface area contributed by atoms with Crippen molar-refractivity contribution < 1.29 is 9.90 Å². The number of carboxylic acid groups (broad SMARTS) is 1. The van der Waals surface area contributed by atoms with Crippen LogP contribution in [0, 0.1) is 6.92 Å². The number of nitrogens with one attached hydrogen (secondary N) is 1. The van der Waals surface area contributed by atoms with Gasteiger partial charge in [-0.1, -0.05) is 0 Å². The predicted octanol–water partition coefficient (Wildman–Crippen LogP) is 1.46. The van der Waals surface area contributed by atoms with E-state index in [9.17, 15) is 4.79 Å². The number of H-pyrrole nitrogens is 1. The summed E-state index contributed by atoms with van der Waals surface area (Å²) in [7, 11) is 0. The van der Waals surface area contributed by atoms with Crippen molar-refractivity contribution in [2.75, 3.05) is 0 Å². The highest BCUT2D eigenvalue weighted by molar-refractivity contribution is 7.09. The molecule has 15 heavy (non-hydrogen) atoms. The van der Waals surface area contributed by atoms with Crippen LogP contribution in [0.2, 0.25) is 0 Å². The first-order valence-electron chi connectivity index (χ1n) is 4.33. The molecule has 2 aromatic heterocycles. The summed E-state index contributed by atoms with van der Waals surface area (Å²) in [5, 5.41) is 11.6. The van der Waals surface area contributed by atoms with E-state index in [1.807, 2.05) is 12.3 Å². The zero-order valence-corrected chi connectivity index (χ0v) is 8.84. The summed E-state index contributed by atoms with van der Waals surface area (Å²) in [5.41, 5.74) is 1.01. The summed E-state index contributed by atoms with van der Waals surface area (Å²) in [6, 6.07) is 0. The van der Waals surface area contributed by atoms with Crippen molar-refractivity contribution in [1.29, 1.82) is 0 Å². The zero-order valence-electron chi connectivity index (χ0n) is 8.02. The molecule has 78 valence electrons. The molecule has 0 amide bonds. The van der Waals surface area contributed by atoms with E-state index in [0.717, 1.165) is 10.7 Å². The topological polar surface area (TPSA) is 78.9 Å². The third-order valence-corrected chi connectivity index (χ3v) is 2.70. The number of carboxylic acids is 1. The van der Waals surface area contributed by atoms with Gasteiger partial charge in [0.15, 0.2) is 0 Å². The van der Waals surface area contributed by atoms with E-state index < -0.39 is 5.97 Å². The van der Waals surface area contributed by atoms with Crippen LogP contribution in [0.3, 0.4) is 0 Å². The highest BCUT2D eigenvalue weighted by Gasteiger charge is 2.08. The van der Waals surface area contributed by atoms with Gasteiger partial charge in [-0.25, -0.2) is 14.8 Å². The lowest BCUT2D eigenvalue weighted by Crippen LogP contribution is -1.97. The van der Waals surface area contributed by atoms with Crippen molar-refractivity contribution in [3.63, 3.8) is 0 Å². The van der Waals surface area contributed by atoms with Gasteiger partial charge >= 0.3 is 5.97 Å². The smallest absolute Gasteiger partial charge is 0.353 e. The highest BCUT2D eigenvalue weighted by atomic mass is 32.1.